The van der Waals surface area contributed by atoms with Crippen LogP contribution in [0.2, 0.25) is 0 Å². The number of aromatic nitrogens is 3. The summed E-state index contributed by atoms with van der Waals surface area (Å²) in [6.07, 6.45) is 0.983. The van der Waals surface area contributed by atoms with Crippen LogP contribution in [0.15, 0.2) is 24.3 Å². The minimum Gasteiger partial charge on any atom is -0.361 e. The fourth-order valence-corrected chi connectivity index (χ4v) is 5.77. The first-order valence-corrected chi connectivity index (χ1v) is 12.9. The fraction of sp³-hybridized carbons (Fsp3) is 0.480. The number of para-hydroxylation sites is 1. The van der Waals surface area contributed by atoms with Gasteiger partial charge < -0.3 is 19.9 Å². The normalized spacial score (nSPS) is 19.3. The van der Waals surface area contributed by atoms with Crippen LogP contribution >= 0.6 is 11.3 Å². The molecule has 0 aliphatic carbocycles. The molecule has 1 amide bonds. The van der Waals surface area contributed by atoms with Crippen LogP contribution in [0.4, 0.5) is 11.8 Å². The number of fused-ring (bicyclic) bond motifs is 2. The van der Waals surface area contributed by atoms with Gasteiger partial charge in [0.05, 0.1) is 22.0 Å². The molecular formula is C25H31N7O2S. The number of amides is 1. The minimum absolute atomic E-state index is 0.0587. The van der Waals surface area contributed by atoms with Crippen molar-refractivity contribution in [3.05, 3.63) is 40.5 Å². The number of hydrogen-bond acceptors (Lipinski definition) is 9. The van der Waals surface area contributed by atoms with Crippen LogP contribution in [0.3, 0.4) is 0 Å². The number of nitrogens with one attached hydrogen (secondary N) is 1. The first-order chi connectivity index (χ1) is 16.9. The van der Waals surface area contributed by atoms with Gasteiger partial charge in [0.1, 0.15) is 23.2 Å². The van der Waals surface area contributed by atoms with Crippen LogP contribution in [-0.2, 0) is 16.1 Å². The maximum Gasteiger partial charge on any atom is 0.227 e. The van der Waals surface area contributed by atoms with E-state index in [4.69, 9.17) is 15.0 Å². The van der Waals surface area contributed by atoms with Crippen LogP contribution in [0, 0.1) is 0 Å². The van der Waals surface area contributed by atoms with E-state index in [1.165, 1.54) is 0 Å². The number of carbonyl (C=O) groups is 2. The number of rotatable bonds is 6. The first-order valence-electron chi connectivity index (χ1n) is 12.1. The molecule has 184 valence electrons. The van der Waals surface area contributed by atoms with E-state index >= 15 is 0 Å². The second-order valence-electron chi connectivity index (χ2n) is 9.46. The first kappa shape index (κ1) is 23.6. The molecule has 2 aliphatic heterocycles. The Balaban J connectivity index is 1.49. The molecule has 9 nitrogen and oxygen atoms in total. The number of thiazole rings is 1. The Kier molecular flexibility index (Phi) is 6.41. The molecule has 4 heterocycles. The van der Waals surface area contributed by atoms with Gasteiger partial charge in [-0.05, 0) is 32.9 Å². The average molecular weight is 494 g/mol. The van der Waals surface area contributed by atoms with E-state index in [0.29, 0.717) is 38.7 Å². The number of aldehydes is 1. The highest BCUT2D eigenvalue weighted by atomic mass is 32.1. The van der Waals surface area contributed by atoms with Crippen molar-refractivity contribution in [2.75, 3.05) is 36.4 Å². The van der Waals surface area contributed by atoms with Crippen molar-refractivity contribution in [2.24, 2.45) is 0 Å². The third-order valence-electron chi connectivity index (χ3n) is 6.84. The topological polar surface area (TPSA) is 94.6 Å². The summed E-state index contributed by atoms with van der Waals surface area (Å²) in [5.41, 5.74) is 2.73. The molecule has 0 saturated carbocycles. The molecule has 0 radical (unpaired) electrons. The minimum atomic E-state index is -0.399. The smallest absolute Gasteiger partial charge is 0.227 e. The van der Waals surface area contributed by atoms with Gasteiger partial charge in [-0.3, -0.25) is 9.69 Å². The van der Waals surface area contributed by atoms with E-state index in [0.717, 1.165) is 38.6 Å². The second-order valence-corrected chi connectivity index (χ2v) is 10.5. The Bertz CT molecular complexity index is 1220. The van der Waals surface area contributed by atoms with E-state index < -0.39 is 6.04 Å². The van der Waals surface area contributed by atoms with Gasteiger partial charge in [0.25, 0.3) is 0 Å². The van der Waals surface area contributed by atoms with Crippen molar-refractivity contribution in [3.63, 3.8) is 0 Å². The number of benzene rings is 1. The molecule has 2 aromatic heterocycles. The highest BCUT2D eigenvalue weighted by Gasteiger charge is 2.37. The molecule has 1 aromatic carbocycles. The third-order valence-corrected chi connectivity index (χ3v) is 8.06. The van der Waals surface area contributed by atoms with Crippen molar-refractivity contribution < 1.29 is 9.59 Å². The SMILES string of the molecule is CC(=O)N1CCN(c2nc(NC(C)c3nc4ccccc4s3)c3c(n2)C(C=O)N(C(C)C)C3)CC1. The zero-order valence-corrected chi connectivity index (χ0v) is 21.4. The lowest BCUT2D eigenvalue weighted by molar-refractivity contribution is -0.129. The van der Waals surface area contributed by atoms with Crippen LogP contribution < -0.4 is 10.2 Å². The maximum atomic E-state index is 12.2. The number of carbonyl (C=O) groups excluding carboxylic acids is 2. The molecule has 1 N–H and O–H groups in total. The zero-order chi connectivity index (χ0) is 24.7. The van der Waals surface area contributed by atoms with Gasteiger partial charge in [-0.15, -0.1) is 11.3 Å². The molecule has 1 saturated heterocycles. The highest BCUT2D eigenvalue weighted by molar-refractivity contribution is 7.18. The molecule has 1 fully saturated rings. The van der Waals surface area contributed by atoms with Crippen molar-refractivity contribution >= 4 is 45.5 Å². The van der Waals surface area contributed by atoms with Gasteiger partial charge >= 0.3 is 0 Å². The summed E-state index contributed by atoms with van der Waals surface area (Å²) in [7, 11) is 0. The Morgan fingerprint density at radius 2 is 1.86 bits per heavy atom. The highest BCUT2D eigenvalue weighted by Crippen LogP contribution is 2.39. The summed E-state index contributed by atoms with van der Waals surface area (Å²) in [5.74, 6) is 1.43. The van der Waals surface area contributed by atoms with Crippen molar-refractivity contribution in [2.45, 2.75) is 52.4 Å². The lowest BCUT2D eigenvalue weighted by atomic mass is 10.1. The quantitative estimate of drug-likeness (QED) is 0.522. The van der Waals surface area contributed by atoms with Crippen LogP contribution in [0.5, 0.6) is 0 Å². The second kappa shape index (κ2) is 9.50. The standard InChI is InChI=1S/C25H31N7O2S/c1-15(2)32-13-18-22(20(32)14-33)28-25(31-11-9-30(10-12-31)17(4)34)29-23(18)26-16(3)24-27-19-7-5-6-8-21(19)35-24/h5-8,14-16,20H,9-13H2,1-4H3,(H,26,28,29). The Hall–Kier alpha value is -3.11. The van der Waals surface area contributed by atoms with E-state index in [9.17, 15) is 9.59 Å². The van der Waals surface area contributed by atoms with E-state index in [2.05, 4.69) is 42.0 Å². The predicted octanol–water partition coefficient (Wildman–Crippen LogP) is 3.39. The average Bonchev–Trinajstić information content (AvgIpc) is 3.46. The zero-order valence-electron chi connectivity index (χ0n) is 20.6. The summed E-state index contributed by atoms with van der Waals surface area (Å²) in [4.78, 5) is 44.7. The van der Waals surface area contributed by atoms with E-state index in [1.807, 2.05) is 23.1 Å². The molecule has 2 atom stereocenters. The molecular weight excluding hydrogens is 462 g/mol. The van der Waals surface area contributed by atoms with Gasteiger partial charge in [-0.2, -0.15) is 4.98 Å². The van der Waals surface area contributed by atoms with Crippen LogP contribution in [0.1, 0.15) is 56.0 Å². The molecule has 35 heavy (non-hydrogen) atoms. The fourth-order valence-electron chi connectivity index (χ4n) is 4.80. The van der Waals surface area contributed by atoms with Gasteiger partial charge in [0.15, 0.2) is 0 Å². The molecule has 10 heteroatoms. The molecule has 2 unspecified atom stereocenters. The largest absolute Gasteiger partial charge is 0.361 e. The molecule has 5 rings (SSSR count). The summed E-state index contributed by atoms with van der Waals surface area (Å²) in [6.45, 7) is 11.1. The molecule has 3 aromatic rings. The lowest BCUT2D eigenvalue weighted by Gasteiger charge is -2.34. The summed E-state index contributed by atoms with van der Waals surface area (Å²) < 4.78 is 1.15. The Morgan fingerprint density at radius 3 is 2.51 bits per heavy atom. The third kappa shape index (κ3) is 4.48. The number of anilines is 2. The number of piperazine rings is 1. The van der Waals surface area contributed by atoms with E-state index in [1.54, 1.807) is 18.3 Å². The van der Waals surface area contributed by atoms with Gasteiger partial charge in [-0.25, -0.2) is 9.97 Å². The van der Waals surface area contributed by atoms with Gasteiger partial charge in [-0.1, -0.05) is 12.1 Å². The lowest BCUT2D eigenvalue weighted by Crippen LogP contribution is -2.48. The summed E-state index contributed by atoms with van der Waals surface area (Å²) >= 11 is 1.67. The van der Waals surface area contributed by atoms with Crippen LogP contribution in [0.25, 0.3) is 10.2 Å². The molecule has 2 aliphatic rings. The van der Waals surface area contributed by atoms with Gasteiger partial charge in [0, 0.05) is 51.3 Å². The predicted molar refractivity (Wildman–Crippen MR) is 138 cm³/mol. The van der Waals surface area contributed by atoms with Gasteiger partial charge in [0.2, 0.25) is 11.9 Å². The Morgan fingerprint density at radius 1 is 1.11 bits per heavy atom. The Labute approximate surface area is 209 Å². The van der Waals surface area contributed by atoms with Crippen molar-refractivity contribution in [1.29, 1.82) is 0 Å². The number of nitrogens with zero attached hydrogens (tertiary/aromatic N) is 6. The van der Waals surface area contributed by atoms with Crippen molar-refractivity contribution in [1.82, 2.24) is 24.8 Å². The maximum absolute atomic E-state index is 12.2. The van der Waals surface area contributed by atoms with Crippen molar-refractivity contribution in [3.8, 4) is 0 Å². The monoisotopic (exact) mass is 493 g/mol. The number of hydrogen-bond donors (Lipinski definition) is 1. The molecule has 0 bridgehead atoms. The summed E-state index contributed by atoms with van der Waals surface area (Å²) in [6, 6.07) is 7.87. The van der Waals surface area contributed by atoms with E-state index in [-0.39, 0.29) is 18.0 Å². The molecule has 0 spiro atoms. The summed E-state index contributed by atoms with van der Waals surface area (Å²) in [5, 5.41) is 4.58. The van der Waals surface area contributed by atoms with Crippen LogP contribution in [-0.4, -0.2) is 69.2 Å².